The van der Waals surface area contributed by atoms with Crippen molar-refractivity contribution in [3.63, 3.8) is 0 Å². The van der Waals surface area contributed by atoms with E-state index in [1.54, 1.807) is 12.1 Å². The molecule has 4 heteroatoms. The molecule has 0 spiro atoms. The summed E-state index contributed by atoms with van der Waals surface area (Å²) < 4.78 is 0. The highest BCUT2D eigenvalue weighted by Gasteiger charge is 2.31. The Bertz CT molecular complexity index is 499. The Balaban J connectivity index is 1.81. The number of nitrogens with one attached hydrogen (secondary N) is 1. The van der Waals surface area contributed by atoms with Crippen LogP contribution in [0.15, 0.2) is 18.2 Å². The van der Waals surface area contributed by atoms with Crippen LogP contribution in [-0.4, -0.2) is 11.9 Å². The maximum absolute atomic E-state index is 12.0. The summed E-state index contributed by atoms with van der Waals surface area (Å²) in [4.78, 5) is 12.0. The first-order valence-electron chi connectivity index (χ1n) is 7.09. The van der Waals surface area contributed by atoms with E-state index in [1.807, 2.05) is 6.07 Å². The Hall–Kier alpha value is -0.730. The lowest BCUT2D eigenvalue weighted by atomic mass is 9.92. The van der Waals surface area contributed by atoms with Gasteiger partial charge in [0.15, 0.2) is 0 Å². The van der Waals surface area contributed by atoms with Crippen LogP contribution >= 0.6 is 23.2 Å². The van der Waals surface area contributed by atoms with Crippen LogP contribution in [0.5, 0.6) is 0 Å². The van der Waals surface area contributed by atoms with Gasteiger partial charge < -0.3 is 5.32 Å². The van der Waals surface area contributed by atoms with E-state index < -0.39 is 0 Å². The summed E-state index contributed by atoms with van der Waals surface area (Å²) in [5.41, 5.74) is 1.33. The van der Waals surface area contributed by atoms with Crippen molar-refractivity contribution in [2.24, 2.45) is 5.41 Å². The second-order valence-corrected chi connectivity index (χ2v) is 7.25. The molecule has 2 nitrogen and oxygen atoms in total. The van der Waals surface area contributed by atoms with Crippen LogP contribution in [0.4, 0.5) is 0 Å². The van der Waals surface area contributed by atoms with Crippen molar-refractivity contribution < 1.29 is 4.79 Å². The first-order chi connectivity index (χ1) is 9.35. The molecule has 1 aromatic carbocycles. The summed E-state index contributed by atoms with van der Waals surface area (Å²) in [6.07, 6.45) is 4.46. The Morgan fingerprint density at radius 3 is 2.75 bits per heavy atom. The van der Waals surface area contributed by atoms with E-state index in [0.29, 0.717) is 34.3 Å². The summed E-state index contributed by atoms with van der Waals surface area (Å²) in [7, 11) is 0. The lowest BCUT2D eigenvalue weighted by Gasteiger charge is -2.17. The molecule has 20 heavy (non-hydrogen) atoms. The van der Waals surface area contributed by atoms with E-state index in [4.69, 9.17) is 23.2 Å². The summed E-state index contributed by atoms with van der Waals surface area (Å²) in [5.74, 6) is 0.110. The fraction of sp³-hybridized carbons (Fsp3) is 0.562. The predicted molar refractivity (Wildman–Crippen MR) is 84.3 cm³/mol. The van der Waals surface area contributed by atoms with E-state index in [-0.39, 0.29) is 5.91 Å². The highest BCUT2D eigenvalue weighted by Crippen LogP contribution is 2.36. The molecule has 1 N–H and O–H groups in total. The van der Waals surface area contributed by atoms with Crippen LogP contribution in [0, 0.1) is 5.41 Å². The maximum Gasteiger partial charge on any atom is 0.220 e. The average molecular weight is 314 g/mol. The van der Waals surface area contributed by atoms with Gasteiger partial charge in [-0.05, 0) is 48.8 Å². The van der Waals surface area contributed by atoms with Crippen molar-refractivity contribution in [2.75, 3.05) is 0 Å². The quantitative estimate of drug-likeness (QED) is 0.863. The molecule has 1 aliphatic rings. The molecule has 0 bridgehead atoms. The molecule has 1 saturated carbocycles. The highest BCUT2D eigenvalue weighted by molar-refractivity contribution is 6.35. The lowest BCUT2D eigenvalue weighted by Crippen LogP contribution is -2.33. The van der Waals surface area contributed by atoms with Gasteiger partial charge in [0, 0.05) is 22.5 Å². The van der Waals surface area contributed by atoms with E-state index in [2.05, 4.69) is 19.2 Å². The van der Waals surface area contributed by atoms with Crippen LogP contribution in [-0.2, 0) is 11.2 Å². The molecule has 2 rings (SSSR count). The van der Waals surface area contributed by atoms with Crippen LogP contribution in [0.25, 0.3) is 0 Å². The SMILES string of the molecule is CC1(C)CCC(NC(=O)CCc2ccc(Cl)cc2Cl)C1. The number of carbonyl (C=O) groups is 1. The monoisotopic (exact) mass is 313 g/mol. The fourth-order valence-electron chi connectivity index (χ4n) is 2.83. The number of carbonyl (C=O) groups excluding carboxylic acids is 1. The molecule has 1 atom stereocenters. The molecule has 0 heterocycles. The van der Waals surface area contributed by atoms with E-state index in [1.165, 1.54) is 6.42 Å². The molecule has 1 unspecified atom stereocenters. The third-order valence-electron chi connectivity index (χ3n) is 3.97. The van der Waals surface area contributed by atoms with Gasteiger partial charge >= 0.3 is 0 Å². The Morgan fingerprint density at radius 1 is 1.40 bits per heavy atom. The molecule has 1 fully saturated rings. The average Bonchev–Trinajstić information content (AvgIpc) is 2.67. The molecule has 0 aliphatic heterocycles. The third-order valence-corrected chi connectivity index (χ3v) is 4.56. The number of aryl methyl sites for hydroxylation is 1. The zero-order valence-corrected chi connectivity index (χ0v) is 13.5. The van der Waals surface area contributed by atoms with Crippen molar-refractivity contribution >= 4 is 29.1 Å². The molecule has 1 aliphatic carbocycles. The summed E-state index contributed by atoms with van der Waals surface area (Å²) >= 11 is 12.0. The molecule has 0 aromatic heterocycles. The Kier molecular flexibility index (Phi) is 4.98. The van der Waals surface area contributed by atoms with E-state index >= 15 is 0 Å². The molecule has 0 radical (unpaired) electrons. The largest absolute Gasteiger partial charge is 0.353 e. The van der Waals surface area contributed by atoms with Crippen molar-refractivity contribution in [3.05, 3.63) is 33.8 Å². The fourth-order valence-corrected chi connectivity index (χ4v) is 3.33. The summed E-state index contributed by atoms with van der Waals surface area (Å²) in [5, 5.41) is 4.38. The molecular formula is C16H21Cl2NO. The van der Waals surface area contributed by atoms with Crippen LogP contribution < -0.4 is 5.32 Å². The van der Waals surface area contributed by atoms with Gasteiger partial charge in [0.05, 0.1) is 0 Å². The minimum atomic E-state index is 0.110. The first-order valence-corrected chi connectivity index (χ1v) is 7.85. The van der Waals surface area contributed by atoms with Gasteiger partial charge in [-0.3, -0.25) is 4.79 Å². The van der Waals surface area contributed by atoms with E-state index in [9.17, 15) is 4.79 Å². The van der Waals surface area contributed by atoms with Crippen molar-refractivity contribution in [2.45, 2.75) is 52.0 Å². The van der Waals surface area contributed by atoms with Gasteiger partial charge in [-0.2, -0.15) is 0 Å². The molecule has 1 aromatic rings. The number of halogens is 2. The van der Waals surface area contributed by atoms with Crippen molar-refractivity contribution in [1.29, 1.82) is 0 Å². The van der Waals surface area contributed by atoms with Crippen LogP contribution in [0.1, 0.15) is 45.1 Å². The van der Waals surface area contributed by atoms with E-state index in [0.717, 1.165) is 18.4 Å². The van der Waals surface area contributed by atoms with Gasteiger partial charge in [0.2, 0.25) is 5.91 Å². The summed E-state index contributed by atoms with van der Waals surface area (Å²) in [6.45, 7) is 4.51. The lowest BCUT2D eigenvalue weighted by molar-refractivity contribution is -0.121. The third kappa shape index (κ3) is 4.39. The van der Waals surface area contributed by atoms with Gasteiger partial charge in [-0.1, -0.05) is 43.1 Å². The summed E-state index contributed by atoms with van der Waals surface area (Å²) in [6, 6.07) is 5.74. The van der Waals surface area contributed by atoms with Gasteiger partial charge in [0.1, 0.15) is 0 Å². The number of hydrogen-bond acceptors (Lipinski definition) is 1. The molecule has 110 valence electrons. The second kappa shape index (κ2) is 6.36. The Labute approximate surface area is 130 Å². The predicted octanol–water partition coefficient (Wildman–Crippen LogP) is 4.62. The number of hydrogen-bond donors (Lipinski definition) is 1. The normalized spacial score (nSPS) is 20.9. The van der Waals surface area contributed by atoms with Crippen LogP contribution in [0.3, 0.4) is 0 Å². The van der Waals surface area contributed by atoms with Gasteiger partial charge in [-0.25, -0.2) is 0 Å². The highest BCUT2D eigenvalue weighted by atomic mass is 35.5. The molecular weight excluding hydrogens is 293 g/mol. The first kappa shape index (κ1) is 15.7. The molecule has 0 saturated heterocycles. The smallest absolute Gasteiger partial charge is 0.220 e. The van der Waals surface area contributed by atoms with Gasteiger partial charge in [0.25, 0.3) is 0 Å². The Morgan fingerprint density at radius 2 is 2.15 bits per heavy atom. The minimum Gasteiger partial charge on any atom is -0.353 e. The van der Waals surface area contributed by atoms with Crippen molar-refractivity contribution in [1.82, 2.24) is 5.32 Å². The topological polar surface area (TPSA) is 29.1 Å². The number of benzene rings is 1. The number of amides is 1. The van der Waals surface area contributed by atoms with Gasteiger partial charge in [-0.15, -0.1) is 0 Å². The minimum absolute atomic E-state index is 0.110. The standard InChI is InChI=1S/C16H21Cl2NO/c1-16(2)8-7-13(10-16)19-15(20)6-4-11-3-5-12(17)9-14(11)18/h3,5,9,13H,4,6-8,10H2,1-2H3,(H,19,20). The zero-order chi connectivity index (χ0) is 14.8. The number of rotatable bonds is 4. The zero-order valence-electron chi connectivity index (χ0n) is 12.0. The maximum atomic E-state index is 12.0. The van der Waals surface area contributed by atoms with Crippen molar-refractivity contribution in [3.8, 4) is 0 Å². The van der Waals surface area contributed by atoms with Crippen LogP contribution in [0.2, 0.25) is 10.0 Å². The second-order valence-electron chi connectivity index (χ2n) is 6.41. The molecule has 1 amide bonds.